The highest BCUT2D eigenvalue weighted by Gasteiger charge is 2.33. The van der Waals surface area contributed by atoms with Crippen molar-refractivity contribution in [1.29, 1.82) is 0 Å². The minimum atomic E-state index is 0.164. The van der Waals surface area contributed by atoms with Gasteiger partial charge in [-0.1, -0.05) is 6.92 Å². The van der Waals surface area contributed by atoms with Gasteiger partial charge in [-0.2, -0.15) is 0 Å². The number of nitrogens with two attached hydrogens (primary N) is 1. The Morgan fingerprint density at radius 2 is 2.18 bits per heavy atom. The molecule has 2 aliphatic rings. The number of rotatable bonds is 5. The van der Waals surface area contributed by atoms with E-state index in [9.17, 15) is 0 Å². The van der Waals surface area contributed by atoms with Gasteiger partial charge in [0.05, 0.1) is 6.10 Å². The lowest BCUT2D eigenvalue weighted by Crippen LogP contribution is -2.58. The summed E-state index contributed by atoms with van der Waals surface area (Å²) in [4.78, 5) is 2.50. The first-order chi connectivity index (χ1) is 8.28. The van der Waals surface area contributed by atoms with Crippen molar-refractivity contribution in [2.75, 3.05) is 39.3 Å². The number of piperidine rings is 1. The maximum atomic E-state index is 5.99. The fourth-order valence-corrected chi connectivity index (χ4v) is 2.89. The van der Waals surface area contributed by atoms with Crippen molar-refractivity contribution in [1.82, 2.24) is 10.2 Å². The normalized spacial score (nSPS) is 29.6. The van der Waals surface area contributed by atoms with E-state index in [4.69, 9.17) is 10.5 Å². The Morgan fingerprint density at radius 3 is 2.71 bits per heavy atom. The monoisotopic (exact) mass is 241 g/mol. The zero-order chi connectivity index (χ0) is 12.1. The van der Waals surface area contributed by atoms with Crippen LogP contribution in [0.2, 0.25) is 0 Å². The maximum absolute atomic E-state index is 5.99. The van der Waals surface area contributed by atoms with Crippen LogP contribution >= 0.6 is 0 Å². The molecule has 17 heavy (non-hydrogen) atoms. The summed E-state index contributed by atoms with van der Waals surface area (Å²) >= 11 is 0. The van der Waals surface area contributed by atoms with Gasteiger partial charge < -0.3 is 20.7 Å². The zero-order valence-corrected chi connectivity index (χ0v) is 11.1. The Kier molecular flexibility index (Phi) is 4.79. The summed E-state index contributed by atoms with van der Waals surface area (Å²) in [7, 11) is 0. The molecule has 4 heteroatoms. The van der Waals surface area contributed by atoms with Gasteiger partial charge in [-0.05, 0) is 45.3 Å². The van der Waals surface area contributed by atoms with Crippen LogP contribution in [0.5, 0.6) is 0 Å². The van der Waals surface area contributed by atoms with Gasteiger partial charge in [0.2, 0.25) is 0 Å². The molecule has 2 aliphatic heterocycles. The second kappa shape index (κ2) is 6.14. The molecule has 2 fully saturated rings. The van der Waals surface area contributed by atoms with Crippen molar-refractivity contribution in [3.8, 4) is 0 Å². The lowest BCUT2D eigenvalue weighted by atomic mass is 9.87. The summed E-state index contributed by atoms with van der Waals surface area (Å²) in [5.41, 5.74) is 6.15. The first-order valence-electron chi connectivity index (χ1n) is 7.07. The molecule has 0 aromatic heterocycles. The number of hydrogen-bond acceptors (Lipinski definition) is 4. The Hall–Kier alpha value is -0.160. The first-order valence-corrected chi connectivity index (χ1v) is 7.07. The van der Waals surface area contributed by atoms with Crippen molar-refractivity contribution in [3.63, 3.8) is 0 Å². The predicted molar refractivity (Wildman–Crippen MR) is 70.1 cm³/mol. The minimum absolute atomic E-state index is 0.164. The maximum Gasteiger partial charge on any atom is 0.0700 e. The molecule has 0 aromatic rings. The van der Waals surface area contributed by atoms with E-state index >= 15 is 0 Å². The molecule has 2 heterocycles. The van der Waals surface area contributed by atoms with Gasteiger partial charge in [0, 0.05) is 25.2 Å². The average Bonchev–Trinajstić information content (AvgIpc) is 2.90. The van der Waals surface area contributed by atoms with Crippen molar-refractivity contribution in [3.05, 3.63) is 0 Å². The van der Waals surface area contributed by atoms with Crippen LogP contribution in [-0.2, 0) is 4.74 Å². The highest BCUT2D eigenvalue weighted by atomic mass is 16.5. The molecule has 2 saturated heterocycles. The Balaban J connectivity index is 1.78. The van der Waals surface area contributed by atoms with Crippen LogP contribution in [0, 0.1) is 0 Å². The number of nitrogens with zero attached hydrogens (tertiary/aromatic N) is 1. The van der Waals surface area contributed by atoms with Crippen LogP contribution in [0.25, 0.3) is 0 Å². The van der Waals surface area contributed by atoms with Crippen LogP contribution in [0.15, 0.2) is 0 Å². The molecule has 100 valence electrons. The molecule has 1 atom stereocenters. The SMILES string of the molecule is CCN1CCC(CN)(NCC2CCCO2)CC1. The summed E-state index contributed by atoms with van der Waals surface area (Å²) in [6.45, 7) is 8.40. The van der Waals surface area contributed by atoms with E-state index < -0.39 is 0 Å². The second-order valence-electron chi connectivity index (χ2n) is 5.43. The van der Waals surface area contributed by atoms with Gasteiger partial charge >= 0.3 is 0 Å². The number of likely N-dealkylation sites (tertiary alicyclic amines) is 1. The molecule has 0 amide bonds. The standard InChI is InChI=1S/C13H27N3O/c1-2-16-7-5-13(11-14,6-8-16)15-10-12-4-3-9-17-12/h12,15H,2-11,14H2,1H3. The topological polar surface area (TPSA) is 50.5 Å². The second-order valence-corrected chi connectivity index (χ2v) is 5.43. The van der Waals surface area contributed by atoms with Gasteiger partial charge in [-0.25, -0.2) is 0 Å². The third-order valence-electron chi connectivity index (χ3n) is 4.38. The predicted octanol–water partition coefficient (Wildman–Crippen LogP) is 0.568. The molecule has 4 nitrogen and oxygen atoms in total. The van der Waals surface area contributed by atoms with Gasteiger partial charge in [-0.3, -0.25) is 0 Å². The Bertz CT molecular complexity index is 221. The van der Waals surface area contributed by atoms with Gasteiger partial charge in [0.15, 0.2) is 0 Å². The lowest BCUT2D eigenvalue weighted by molar-refractivity contribution is 0.0857. The number of ether oxygens (including phenoxy) is 1. The summed E-state index contributed by atoms with van der Waals surface area (Å²) in [5.74, 6) is 0. The Morgan fingerprint density at radius 1 is 1.41 bits per heavy atom. The summed E-state index contributed by atoms with van der Waals surface area (Å²) in [6.07, 6.45) is 5.18. The lowest BCUT2D eigenvalue weighted by Gasteiger charge is -2.42. The van der Waals surface area contributed by atoms with E-state index in [1.807, 2.05) is 0 Å². The van der Waals surface area contributed by atoms with E-state index in [1.165, 1.54) is 38.8 Å². The van der Waals surface area contributed by atoms with E-state index in [0.29, 0.717) is 6.10 Å². The molecule has 0 bridgehead atoms. The third-order valence-corrected chi connectivity index (χ3v) is 4.38. The molecule has 0 radical (unpaired) electrons. The highest BCUT2D eigenvalue weighted by molar-refractivity contribution is 4.94. The minimum Gasteiger partial charge on any atom is -0.377 e. The van der Waals surface area contributed by atoms with Gasteiger partial charge in [0.1, 0.15) is 0 Å². The fourth-order valence-electron chi connectivity index (χ4n) is 2.89. The molecule has 2 rings (SSSR count). The zero-order valence-electron chi connectivity index (χ0n) is 11.1. The smallest absolute Gasteiger partial charge is 0.0700 e. The molecule has 3 N–H and O–H groups in total. The summed E-state index contributed by atoms with van der Waals surface area (Å²) in [6, 6.07) is 0. The highest BCUT2D eigenvalue weighted by Crippen LogP contribution is 2.22. The molecule has 0 aromatic carbocycles. The third kappa shape index (κ3) is 3.41. The molecule has 1 unspecified atom stereocenters. The number of hydrogen-bond donors (Lipinski definition) is 2. The molecule has 0 aliphatic carbocycles. The van der Waals surface area contributed by atoms with Crippen molar-refractivity contribution in [2.45, 2.75) is 44.2 Å². The fraction of sp³-hybridized carbons (Fsp3) is 1.00. The van der Waals surface area contributed by atoms with Crippen LogP contribution in [0.3, 0.4) is 0 Å². The summed E-state index contributed by atoms with van der Waals surface area (Å²) in [5, 5.41) is 3.69. The van der Waals surface area contributed by atoms with Crippen molar-refractivity contribution in [2.24, 2.45) is 5.73 Å². The van der Waals surface area contributed by atoms with E-state index in [1.54, 1.807) is 0 Å². The molecular weight excluding hydrogens is 214 g/mol. The average molecular weight is 241 g/mol. The molecule has 0 saturated carbocycles. The number of nitrogens with one attached hydrogen (secondary N) is 1. The largest absolute Gasteiger partial charge is 0.377 e. The van der Waals surface area contributed by atoms with Gasteiger partial charge in [0.25, 0.3) is 0 Å². The van der Waals surface area contributed by atoms with Crippen LogP contribution in [-0.4, -0.2) is 55.9 Å². The Labute approximate surface area is 105 Å². The quantitative estimate of drug-likeness (QED) is 0.739. The van der Waals surface area contributed by atoms with Crippen LogP contribution < -0.4 is 11.1 Å². The van der Waals surface area contributed by atoms with E-state index in [-0.39, 0.29) is 5.54 Å². The molecule has 0 spiro atoms. The van der Waals surface area contributed by atoms with Gasteiger partial charge in [-0.15, -0.1) is 0 Å². The van der Waals surface area contributed by atoms with E-state index in [2.05, 4.69) is 17.1 Å². The van der Waals surface area contributed by atoms with Crippen molar-refractivity contribution < 1.29 is 4.74 Å². The van der Waals surface area contributed by atoms with Crippen LogP contribution in [0.4, 0.5) is 0 Å². The van der Waals surface area contributed by atoms with E-state index in [0.717, 1.165) is 26.2 Å². The first kappa shape index (κ1) is 13.3. The summed E-state index contributed by atoms with van der Waals surface area (Å²) < 4.78 is 5.66. The van der Waals surface area contributed by atoms with Crippen LogP contribution in [0.1, 0.15) is 32.6 Å². The molecular formula is C13H27N3O. The van der Waals surface area contributed by atoms with Crippen molar-refractivity contribution >= 4 is 0 Å².